The molecule has 1 aliphatic rings. The summed E-state index contributed by atoms with van der Waals surface area (Å²) in [6.45, 7) is 0. The van der Waals surface area contributed by atoms with Crippen molar-refractivity contribution in [3.05, 3.63) is 40.9 Å². The number of carboxylic acid groups (broad SMARTS) is 1. The zero-order chi connectivity index (χ0) is 16.6. The fraction of sp³-hybridized carbons (Fsp3) is 0.286. The average molecular weight is 339 g/mol. The third kappa shape index (κ3) is 3.02. The average Bonchev–Trinajstić information content (AvgIpc) is 2.94. The molecule has 1 aromatic heterocycles. The van der Waals surface area contributed by atoms with Crippen LogP contribution in [0.25, 0.3) is 5.69 Å². The molecule has 0 aliphatic heterocycles. The quantitative estimate of drug-likeness (QED) is 0.883. The van der Waals surface area contributed by atoms with Gasteiger partial charge in [-0.05, 0) is 25.0 Å². The van der Waals surface area contributed by atoms with Crippen molar-refractivity contribution >= 4 is 23.5 Å². The maximum atomic E-state index is 13.9. The summed E-state index contributed by atoms with van der Waals surface area (Å²) >= 11 is 5.70. The molecule has 1 aliphatic carbocycles. The molecule has 0 radical (unpaired) electrons. The zero-order valence-electron chi connectivity index (χ0n) is 11.7. The summed E-state index contributed by atoms with van der Waals surface area (Å²) in [6.07, 6.45) is 2.06. The smallest absolute Gasteiger partial charge is 0.306 e. The van der Waals surface area contributed by atoms with Crippen LogP contribution in [0, 0.1) is 11.7 Å². The first-order valence-corrected chi connectivity index (χ1v) is 7.24. The molecular weight excluding hydrogens is 327 g/mol. The van der Waals surface area contributed by atoms with Gasteiger partial charge in [0.05, 0.1) is 17.1 Å². The Hall–Kier alpha value is -2.48. The SMILES string of the molecule is O=C(NC1CC(C(=O)O)C1)c1cn(-c2cccc(Cl)c2F)nn1. The van der Waals surface area contributed by atoms with E-state index in [-0.39, 0.29) is 22.4 Å². The van der Waals surface area contributed by atoms with E-state index in [1.54, 1.807) is 6.07 Å². The number of nitrogens with zero attached hydrogens (tertiary/aromatic N) is 3. The van der Waals surface area contributed by atoms with Crippen molar-refractivity contribution in [2.45, 2.75) is 18.9 Å². The second-order valence-corrected chi connectivity index (χ2v) is 5.71. The largest absolute Gasteiger partial charge is 0.481 e. The van der Waals surface area contributed by atoms with Gasteiger partial charge in [-0.25, -0.2) is 9.07 Å². The van der Waals surface area contributed by atoms with Crippen molar-refractivity contribution in [1.82, 2.24) is 20.3 Å². The molecule has 1 heterocycles. The van der Waals surface area contributed by atoms with Crippen LogP contribution in [-0.4, -0.2) is 38.0 Å². The first kappa shape index (κ1) is 15.4. The molecule has 0 saturated heterocycles. The Labute approximate surface area is 135 Å². The van der Waals surface area contributed by atoms with Crippen molar-refractivity contribution in [2.24, 2.45) is 5.92 Å². The van der Waals surface area contributed by atoms with Gasteiger partial charge in [0.2, 0.25) is 0 Å². The number of hydrogen-bond acceptors (Lipinski definition) is 4. The molecule has 1 saturated carbocycles. The molecule has 0 spiro atoms. The van der Waals surface area contributed by atoms with Gasteiger partial charge in [0.1, 0.15) is 5.69 Å². The van der Waals surface area contributed by atoms with Gasteiger partial charge < -0.3 is 10.4 Å². The molecule has 0 unspecified atom stereocenters. The third-order valence-electron chi connectivity index (χ3n) is 3.73. The summed E-state index contributed by atoms with van der Waals surface area (Å²) in [7, 11) is 0. The second kappa shape index (κ2) is 5.96. The van der Waals surface area contributed by atoms with E-state index < -0.39 is 23.6 Å². The number of aromatic nitrogens is 3. The Morgan fingerprint density at radius 1 is 1.39 bits per heavy atom. The van der Waals surface area contributed by atoms with Crippen LogP contribution in [0.15, 0.2) is 24.4 Å². The maximum Gasteiger partial charge on any atom is 0.306 e. The molecule has 0 bridgehead atoms. The molecule has 3 rings (SSSR count). The fourth-order valence-corrected chi connectivity index (χ4v) is 2.52. The van der Waals surface area contributed by atoms with Crippen LogP contribution in [-0.2, 0) is 4.79 Å². The van der Waals surface area contributed by atoms with Gasteiger partial charge in [-0.15, -0.1) is 5.10 Å². The number of hydrogen-bond donors (Lipinski definition) is 2. The summed E-state index contributed by atoms with van der Waals surface area (Å²) in [5.74, 6) is -2.42. The number of rotatable bonds is 4. The lowest BCUT2D eigenvalue weighted by Crippen LogP contribution is -2.46. The van der Waals surface area contributed by atoms with E-state index in [0.717, 1.165) is 4.68 Å². The topological polar surface area (TPSA) is 97.1 Å². The predicted molar refractivity (Wildman–Crippen MR) is 77.9 cm³/mol. The van der Waals surface area contributed by atoms with Crippen LogP contribution in [0.2, 0.25) is 5.02 Å². The molecule has 7 nitrogen and oxygen atoms in total. The highest BCUT2D eigenvalue weighted by Crippen LogP contribution is 2.27. The minimum absolute atomic E-state index is 0.0168. The standard InChI is InChI=1S/C14H12ClFN4O3/c15-9-2-1-3-11(12(9)16)20-6-10(18-19-20)13(21)17-8-4-7(5-8)14(22)23/h1-3,6-8H,4-5H2,(H,17,21)(H,22,23). The number of nitrogens with one attached hydrogen (secondary N) is 1. The number of amides is 1. The molecule has 2 N–H and O–H groups in total. The van der Waals surface area contributed by atoms with Gasteiger partial charge in [0.15, 0.2) is 11.5 Å². The Morgan fingerprint density at radius 2 is 2.13 bits per heavy atom. The Balaban J connectivity index is 1.69. The van der Waals surface area contributed by atoms with Crippen LogP contribution in [0.4, 0.5) is 4.39 Å². The zero-order valence-corrected chi connectivity index (χ0v) is 12.5. The number of carbonyl (C=O) groups is 2. The minimum Gasteiger partial charge on any atom is -0.481 e. The number of carbonyl (C=O) groups excluding carboxylic acids is 1. The van der Waals surface area contributed by atoms with Crippen LogP contribution >= 0.6 is 11.6 Å². The highest BCUT2D eigenvalue weighted by atomic mass is 35.5. The molecule has 23 heavy (non-hydrogen) atoms. The van der Waals surface area contributed by atoms with Crippen LogP contribution in [0.1, 0.15) is 23.3 Å². The van der Waals surface area contributed by atoms with Crippen molar-refractivity contribution < 1.29 is 19.1 Å². The second-order valence-electron chi connectivity index (χ2n) is 5.30. The van der Waals surface area contributed by atoms with E-state index in [1.165, 1.54) is 18.3 Å². The molecule has 1 fully saturated rings. The van der Waals surface area contributed by atoms with E-state index in [4.69, 9.17) is 16.7 Å². The number of benzene rings is 1. The Kier molecular flexibility index (Phi) is 3.99. The highest BCUT2D eigenvalue weighted by molar-refractivity contribution is 6.30. The van der Waals surface area contributed by atoms with E-state index in [9.17, 15) is 14.0 Å². The summed E-state index contributed by atoms with van der Waals surface area (Å²) in [5.41, 5.74) is 0.0989. The van der Waals surface area contributed by atoms with Gasteiger partial charge in [0.25, 0.3) is 5.91 Å². The van der Waals surface area contributed by atoms with Gasteiger partial charge in [0, 0.05) is 6.04 Å². The predicted octanol–water partition coefficient (Wildman–Crippen LogP) is 1.65. The summed E-state index contributed by atoms with van der Waals surface area (Å²) in [4.78, 5) is 22.7. The number of aliphatic carboxylic acids is 1. The number of halogens is 2. The van der Waals surface area contributed by atoms with E-state index >= 15 is 0 Å². The lowest BCUT2D eigenvalue weighted by molar-refractivity contribution is -0.145. The monoisotopic (exact) mass is 338 g/mol. The minimum atomic E-state index is -0.863. The number of carboxylic acids is 1. The molecule has 2 aromatic rings. The van der Waals surface area contributed by atoms with Crippen molar-refractivity contribution in [3.63, 3.8) is 0 Å². The summed E-state index contributed by atoms with van der Waals surface area (Å²) in [5, 5.41) is 18.8. The molecular formula is C14H12ClFN4O3. The van der Waals surface area contributed by atoms with Gasteiger partial charge >= 0.3 is 5.97 Å². The van der Waals surface area contributed by atoms with Crippen molar-refractivity contribution in [2.75, 3.05) is 0 Å². The molecule has 1 amide bonds. The van der Waals surface area contributed by atoms with E-state index in [0.29, 0.717) is 12.8 Å². The molecule has 9 heteroatoms. The normalized spacial score (nSPS) is 19.9. The highest BCUT2D eigenvalue weighted by Gasteiger charge is 2.35. The summed E-state index contributed by atoms with van der Waals surface area (Å²) < 4.78 is 15.0. The van der Waals surface area contributed by atoms with Crippen molar-refractivity contribution in [1.29, 1.82) is 0 Å². The molecule has 120 valence electrons. The molecule has 0 atom stereocenters. The van der Waals surface area contributed by atoms with Crippen LogP contribution in [0.3, 0.4) is 0 Å². The molecule has 1 aromatic carbocycles. The van der Waals surface area contributed by atoms with Crippen molar-refractivity contribution in [3.8, 4) is 5.69 Å². The van der Waals surface area contributed by atoms with Crippen LogP contribution in [0.5, 0.6) is 0 Å². The lowest BCUT2D eigenvalue weighted by atomic mass is 9.80. The Morgan fingerprint density at radius 3 is 2.83 bits per heavy atom. The lowest BCUT2D eigenvalue weighted by Gasteiger charge is -2.32. The van der Waals surface area contributed by atoms with Gasteiger partial charge in [-0.2, -0.15) is 0 Å². The third-order valence-corrected chi connectivity index (χ3v) is 4.02. The summed E-state index contributed by atoms with van der Waals surface area (Å²) in [6, 6.07) is 4.22. The maximum absolute atomic E-state index is 13.9. The van der Waals surface area contributed by atoms with Gasteiger partial charge in [-0.3, -0.25) is 9.59 Å². The fourth-order valence-electron chi connectivity index (χ4n) is 2.35. The Bertz CT molecular complexity index is 773. The first-order valence-electron chi connectivity index (χ1n) is 6.86. The van der Waals surface area contributed by atoms with E-state index in [2.05, 4.69) is 15.6 Å². The van der Waals surface area contributed by atoms with Gasteiger partial charge in [-0.1, -0.05) is 22.9 Å². The first-order chi connectivity index (χ1) is 11.0. The van der Waals surface area contributed by atoms with E-state index in [1.807, 2.05) is 0 Å². The van der Waals surface area contributed by atoms with Crippen LogP contribution < -0.4 is 5.32 Å².